The minimum atomic E-state index is -1.05. The van der Waals surface area contributed by atoms with E-state index in [1.165, 1.54) is 29.2 Å². The maximum Gasteiger partial charge on any atom is 0.247 e. The third-order valence-electron chi connectivity index (χ3n) is 6.87. The topological polar surface area (TPSA) is 122 Å². The molecule has 0 aromatic heterocycles. The minimum absolute atomic E-state index is 0.0887. The molecule has 2 fully saturated rings. The van der Waals surface area contributed by atoms with Gasteiger partial charge in [0.1, 0.15) is 17.9 Å². The van der Waals surface area contributed by atoms with Crippen LogP contribution in [0.2, 0.25) is 5.02 Å². The van der Waals surface area contributed by atoms with Crippen LogP contribution < -0.4 is 16.4 Å². The van der Waals surface area contributed by atoms with Crippen LogP contribution in [0.5, 0.6) is 0 Å². The average molecular weight is 527 g/mol. The van der Waals surface area contributed by atoms with Crippen LogP contribution in [0.15, 0.2) is 54.6 Å². The van der Waals surface area contributed by atoms with E-state index in [0.717, 1.165) is 11.6 Å². The first-order valence-corrected chi connectivity index (χ1v) is 12.5. The Morgan fingerprint density at radius 3 is 2.62 bits per heavy atom. The predicted molar refractivity (Wildman–Crippen MR) is 137 cm³/mol. The number of carbonyl (C=O) groups excluding carboxylic acids is 4. The summed E-state index contributed by atoms with van der Waals surface area (Å²) >= 11 is 5.80. The number of primary amides is 1. The van der Waals surface area contributed by atoms with Crippen molar-refractivity contribution in [3.05, 3.63) is 76.6 Å². The molecule has 4 amide bonds. The fourth-order valence-electron chi connectivity index (χ4n) is 4.86. The molecule has 0 saturated carbocycles. The molecule has 2 aliphatic heterocycles. The van der Waals surface area contributed by atoms with Gasteiger partial charge in [-0.1, -0.05) is 48.0 Å². The quantitative estimate of drug-likeness (QED) is 0.457. The summed E-state index contributed by atoms with van der Waals surface area (Å²) in [5.74, 6) is -3.04. The van der Waals surface area contributed by atoms with Gasteiger partial charge in [0, 0.05) is 41.6 Å². The Balaban J connectivity index is 1.53. The third-order valence-corrected chi connectivity index (χ3v) is 7.10. The summed E-state index contributed by atoms with van der Waals surface area (Å²) in [5.41, 5.74) is 6.69. The molecular formula is C27H28ClFN4O4. The van der Waals surface area contributed by atoms with Crippen molar-refractivity contribution >= 4 is 41.3 Å². The maximum atomic E-state index is 14.2. The van der Waals surface area contributed by atoms with Crippen LogP contribution in [0, 0.1) is 11.7 Å². The number of rotatable bonds is 8. The fraction of sp³-hybridized carbons (Fsp3) is 0.333. The number of hydrogen-bond donors (Lipinski definition) is 3. The predicted octanol–water partition coefficient (Wildman–Crippen LogP) is 2.37. The zero-order valence-electron chi connectivity index (χ0n) is 20.0. The highest BCUT2D eigenvalue weighted by Crippen LogP contribution is 2.32. The van der Waals surface area contributed by atoms with E-state index >= 15 is 0 Å². The van der Waals surface area contributed by atoms with Gasteiger partial charge in [0.2, 0.25) is 23.6 Å². The summed E-state index contributed by atoms with van der Waals surface area (Å²) in [6, 6.07) is 11.7. The zero-order chi connectivity index (χ0) is 26.5. The zero-order valence-corrected chi connectivity index (χ0v) is 20.8. The summed E-state index contributed by atoms with van der Waals surface area (Å²) in [6.45, 7) is 0.772. The molecule has 2 aromatic carbocycles. The average Bonchev–Trinajstić information content (AvgIpc) is 3.50. The van der Waals surface area contributed by atoms with E-state index in [1.54, 1.807) is 0 Å². The maximum absolute atomic E-state index is 14.2. The first-order valence-electron chi connectivity index (χ1n) is 12.1. The highest BCUT2D eigenvalue weighted by atomic mass is 35.5. The summed E-state index contributed by atoms with van der Waals surface area (Å²) in [7, 11) is 0. The molecule has 2 saturated heterocycles. The molecule has 8 nitrogen and oxygen atoms in total. The molecule has 0 aliphatic carbocycles. The van der Waals surface area contributed by atoms with Crippen molar-refractivity contribution in [2.75, 3.05) is 13.1 Å². The number of amides is 4. The Labute approximate surface area is 219 Å². The number of carbonyl (C=O) groups is 4. The van der Waals surface area contributed by atoms with Crippen LogP contribution in [-0.2, 0) is 19.2 Å². The SMILES string of the molecule is NC(=O)C(C[C@@H]1CCNC1=O)NC(=O)[C@@H]1C[C@@H](c2ccccc2)CN1C(=O)/C=C/c1ccc(Cl)cc1F. The highest BCUT2D eigenvalue weighted by molar-refractivity contribution is 6.30. The second-order valence-electron chi connectivity index (χ2n) is 9.32. The van der Waals surface area contributed by atoms with Crippen molar-refractivity contribution in [1.29, 1.82) is 0 Å². The van der Waals surface area contributed by atoms with Gasteiger partial charge in [0.25, 0.3) is 0 Å². The molecule has 37 heavy (non-hydrogen) atoms. The van der Waals surface area contributed by atoms with Gasteiger partial charge in [-0.15, -0.1) is 0 Å². The Morgan fingerprint density at radius 1 is 1.22 bits per heavy atom. The molecule has 0 spiro atoms. The minimum Gasteiger partial charge on any atom is -0.368 e. The van der Waals surface area contributed by atoms with Gasteiger partial charge >= 0.3 is 0 Å². The largest absolute Gasteiger partial charge is 0.368 e. The molecule has 2 aliphatic rings. The van der Waals surface area contributed by atoms with Gasteiger partial charge in [0.15, 0.2) is 0 Å². The monoisotopic (exact) mass is 526 g/mol. The molecule has 4 rings (SSSR count). The van der Waals surface area contributed by atoms with Gasteiger partial charge in [-0.25, -0.2) is 4.39 Å². The van der Waals surface area contributed by atoms with Crippen LogP contribution >= 0.6 is 11.6 Å². The second kappa shape index (κ2) is 11.6. The Hall–Kier alpha value is -3.72. The smallest absolute Gasteiger partial charge is 0.247 e. The fourth-order valence-corrected chi connectivity index (χ4v) is 5.02. The lowest BCUT2D eigenvalue weighted by Crippen LogP contribution is -2.52. The van der Waals surface area contributed by atoms with E-state index in [-0.39, 0.29) is 35.4 Å². The Kier molecular flexibility index (Phi) is 8.23. The second-order valence-corrected chi connectivity index (χ2v) is 9.76. The normalized spacial score (nSPS) is 22.2. The molecule has 2 aromatic rings. The van der Waals surface area contributed by atoms with E-state index in [4.69, 9.17) is 17.3 Å². The van der Waals surface area contributed by atoms with Gasteiger partial charge in [-0.3, -0.25) is 19.2 Å². The van der Waals surface area contributed by atoms with Gasteiger partial charge in [-0.2, -0.15) is 0 Å². The van der Waals surface area contributed by atoms with Gasteiger partial charge < -0.3 is 21.3 Å². The van der Waals surface area contributed by atoms with Crippen molar-refractivity contribution < 1.29 is 23.6 Å². The molecule has 4 atom stereocenters. The number of nitrogens with two attached hydrogens (primary N) is 1. The number of nitrogens with zero attached hydrogens (tertiary/aromatic N) is 1. The van der Waals surface area contributed by atoms with Crippen molar-refractivity contribution in [3.63, 3.8) is 0 Å². The van der Waals surface area contributed by atoms with Crippen molar-refractivity contribution in [2.45, 2.75) is 37.3 Å². The molecule has 2 heterocycles. The first kappa shape index (κ1) is 26.3. The standard InChI is InChI=1S/C27H28ClFN4O4/c28-20-8-6-17(21(29)14-20)7-9-24(34)33-15-19(16-4-2-1-3-5-16)13-23(33)27(37)32-22(25(30)35)12-18-10-11-31-26(18)36/h1-9,14,18-19,22-23H,10-13,15H2,(H2,30,35)(H,31,36)(H,32,37)/b9-7+/t18-,19+,22?,23-/m0/s1. The van der Waals surface area contributed by atoms with Crippen LogP contribution in [-0.4, -0.2) is 53.7 Å². The summed E-state index contributed by atoms with van der Waals surface area (Å²) in [4.78, 5) is 52.0. The molecule has 4 N–H and O–H groups in total. The van der Waals surface area contributed by atoms with Crippen LogP contribution in [0.25, 0.3) is 6.08 Å². The van der Waals surface area contributed by atoms with Crippen molar-refractivity contribution in [1.82, 2.24) is 15.5 Å². The number of benzene rings is 2. The summed E-state index contributed by atoms with van der Waals surface area (Å²) < 4.78 is 14.2. The Morgan fingerprint density at radius 2 is 1.97 bits per heavy atom. The Bertz CT molecular complexity index is 1220. The van der Waals surface area contributed by atoms with E-state index in [2.05, 4.69) is 10.6 Å². The summed E-state index contributed by atoms with van der Waals surface area (Å²) in [6.07, 6.45) is 3.53. The lowest BCUT2D eigenvalue weighted by atomic mass is 9.95. The lowest BCUT2D eigenvalue weighted by Gasteiger charge is -2.25. The van der Waals surface area contributed by atoms with Crippen molar-refractivity contribution in [2.24, 2.45) is 11.7 Å². The molecule has 1 unspecified atom stereocenters. The first-order chi connectivity index (χ1) is 17.7. The van der Waals surface area contributed by atoms with Crippen LogP contribution in [0.4, 0.5) is 4.39 Å². The van der Waals surface area contributed by atoms with Crippen LogP contribution in [0.3, 0.4) is 0 Å². The number of halogens is 2. The number of nitrogens with one attached hydrogen (secondary N) is 2. The molecule has 0 radical (unpaired) electrons. The third kappa shape index (κ3) is 6.35. The van der Waals surface area contributed by atoms with Crippen LogP contribution in [0.1, 0.15) is 36.3 Å². The van der Waals surface area contributed by atoms with E-state index in [9.17, 15) is 23.6 Å². The van der Waals surface area contributed by atoms with Gasteiger partial charge in [-0.05, 0) is 43.0 Å². The lowest BCUT2D eigenvalue weighted by molar-refractivity contribution is -0.136. The number of likely N-dealkylation sites (tertiary alicyclic amines) is 1. The summed E-state index contributed by atoms with van der Waals surface area (Å²) in [5, 5.41) is 5.61. The van der Waals surface area contributed by atoms with E-state index in [0.29, 0.717) is 19.4 Å². The molecule has 10 heteroatoms. The van der Waals surface area contributed by atoms with Crippen molar-refractivity contribution in [3.8, 4) is 0 Å². The molecule has 0 bridgehead atoms. The van der Waals surface area contributed by atoms with E-state index < -0.39 is 41.5 Å². The van der Waals surface area contributed by atoms with E-state index in [1.807, 2.05) is 30.3 Å². The number of hydrogen-bond acceptors (Lipinski definition) is 4. The highest BCUT2D eigenvalue weighted by Gasteiger charge is 2.41. The molecular weight excluding hydrogens is 499 g/mol. The molecule has 194 valence electrons. The van der Waals surface area contributed by atoms with Gasteiger partial charge in [0.05, 0.1) is 0 Å².